The largest absolute Gasteiger partial charge is 0.394 e. The summed E-state index contributed by atoms with van der Waals surface area (Å²) in [6.45, 7) is 5.53. The topological polar surface area (TPSA) is 50.1 Å². The highest BCUT2D eigenvalue weighted by Gasteiger charge is 2.18. The van der Waals surface area contributed by atoms with E-state index in [2.05, 4.69) is 52.4 Å². The Balaban J connectivity index is 1.80. The van der Waals surface area contributed by atoms with E-state index in [9.17, 15) is 0 Å². The first-order valence-electron chi connectivity index (χ1n) is 7.64. The van der Waals surface area contributed by atoms with E-state index in [0.717, 1.165) is 17.9 Å². The molecule has 0 aromatic carbocycles. The molecule has 2 N–H and O–H groups in total. The van der Waals surface area contributed by atoms with Gasteiger partial charge in [-0.3, -0.25) is 4.68 Å². The van der Waals surface area contributed by atoms with Crippen LogP contribution in [0.2, 0.25) is 0 Å². The van der Waals surface area contributed by atoms with Crippen molar-refractivity contribution in [3.63, 3.8) is 0 Å². The molecule has 0 saturated carbocycles. The minimum absolute atomic E-state index is 0.113. The number of thiophene rings is 2. The molecule has 0 aliphatic heterocycles. The summed E-state index contributed by atoms with van der Waals surface area (Å²) in [6, 6.07) is 8.76. The van der Waals surface area contributed by atoms with E-state index >= 15 is 0 Å². The van der Waals surface area contributed by atoms with Gasteiger partial charge in [0, 0.05) is 27.6 Å². The number of rotatable bonds is 7. The van der Waals surface area contributed by atoms with Crippen LogP contribution in [0.3, 0.4) is 0 Å². The first-order chi connectivity index (χ1) is 11.2. The van der Waals surface area contributed by atoms with Gasteiger partial charge in [-0.05, 0) is 36.7 Å². The summed E-state index contributed by atoms with van der Waals surface area (Å²) in [7, 11) is 0. The molecule has 3 rings (SSSR count). The second-order valence-electron chi connectivity index (χ2n) is 5.44. The van der Waals surface area contributed by atoms with Crippen molar-refractivity contribution in [1.82, 2.24) is 15.1 Å². The van der Waals surface area contributed by atoms with Crippen LogP contribution < -0.4 is 5.32 Å². The van der Waals surface area contributed by atoms with E-state index in [0.29, 0.717) is 6.54 Å². The van der Waals surface area contributed by atoms with E-state index in [4.69, 9.17) is 5.11 Å². The molecule has 0 amide bonds. The molecular formula is C17H21N3OS2. The molecule has 3 aromatic rings. The van der Waals surface area contributed by atoms with Gasteiger partial charge in [-0.15, -0.1) is 22.7 Å². The van der Waals surface area contributed by atoms with Gasteiger partial charge in [0.1, 0.15) is 0 Å². The van der Waals surface area contributed by atoms with Crippen LogP contribution in [0, 0.1) is 13.8 Å². The Bertz CT molecular complexity index is 698. The van der Waals surface area contributed by atoms with Crippen LogP contribution in [-0.4, -0.2) is 21.5 Å². The highest BCUT2D eigenvalue weighted by molar-refractivity contribution is 7.11. The second-order valence-corrected chi connectivity index (χ2v) is 7.40. The number of hydrogen-bond acceptors (Lipinski definition) is 5. The second kappa shape index (κ2) is 7.40. The predicted octanol–water partition coefficient (Wildman–Crippen LogP) is 3.49. The maximum atomic E-state index is 9.14. The predicted molar refractivity (Wildman–Crippen MR) is 96.1 cm³/mol. The fraction of sp³-hybridized carbons (Fsp3) is 0.353. The molecule has 23 heavy (non-hydrogen) atoms. The van der Waals surface area contributed by atoms with Gasteiger partial charge in [-0.25, -0.2) is 0 Å². The molecule has 4 nitrogen and oxygen atoms in total. The van der Waals surface area contributed by atoms with Crippen LogP contribution in [0.5, 0.6) is 0 Å². The quantitative estimate of drug-likeness (QED) is 0.688. The zero-order valence-electron chi connectivity index (χ0n) is 13.3. The van der Waals surface area contributed by atoms with Crippen molar-refractivity contribution in [2.75, 3.05) is 6.61 Å². The van der Waals surface area contributed by atoms with Crippen molar-refractivity contribution in [1.29, 1.82) is 0 Å². The summed E-state index contributed by atoms with van der Waals surface area (Å²) >= 11 is 3.55. The number of aliphatic hydroxyl groups is 1. The summed E-state index contributed by atoms with van der Waals surface area (Å²) in [5.41, 5.74) is 3.37. The van der Waals surface area contributed by atoms with Gasteiger partial charge >= 0.3 is 0 Å². The van der Waals surface area contributed by atoms with Crippen molar-refractivity contribution in [3.8, 4) is 0 Å². The fourth-order valence-electron chi connectivity index (χ4n) is 2.76. The third-order valence-corrected chi connectivity index (χ3v) is 5.86. The van der Waals surface area contributed by atoms with Crippen LogP contribution in [0.1, 0.15) is 32.7 Å². The Morgan fingerprint density at radius 1 is 1.17 bits per heavy atom. The normalized spacial score (nSPS) is 11.5. The molecule has 0 atom stereocenters. The van der Waals surface area contributed by atoms with Crippen LogP contribution in [-0.2, 0) is 13.1 Å². The molecule has 6 heteroatoms. The summed E-state index contributed by atoms with van der Waals surface area (Å²) in [6.07, 6.45) is 0. The highest BCUT2D eigenvalue weighted by atomic mass is 32.1. The summed E-state index contributed by atoms with van der Waals surface area (Å²) in [4.78, 5) is 2.65. The lowest BCUT2D eigenvalue weighted by atomic mass is 10.1. The summed E-state index contributed by atoms with van der Waals surface area (Å²) in [5, 5.41) is 21.6. The fourth-order valence-corrected chi connectivity index (χ4v) is 4.47. The van der Waals surface area contributed by atoms with E-state index < -0.39 is 0 Å². The summed E-state index contributed by atoms with van der Waals surface area (Å²) < 4.78 is 1.89. The Morgan fingerprint density at radius 2 is 1.83 bits per heavy atom. The first kappa shape index (κ1) is 16.4. The lowest BCUT2D eigenvalue weighted by Crippen LogP contribution is -2.21. The molecule has 0 radical (unpaired) electrons. The lowest BCUT2D eigenvalue weighted by Gasteiger charge is -2.16. The van der Waals surface area contributed by atoms with Gasteiger partial charge in [-0.2, -0.15) is 5.10 Å². The number of nitrogens with one attached hydrogen (secondary N) is 1. The van der Waals surface area contributed by atoms with Gasteiger partial charge in [-0.1, -0.05) is 12.1 Å². The van der Waals surface area contributed by atoms with Crippen molar-refractivity contribution in [2.45, 2.75) is 33.0 Å². The zero-order chi connectivity index (χ0) is 16.2. The van der Waals surface area contributed by atoms with Crippen LogP contribution in [0.25, 0.3) is 0 Å². The zero-order valence-corrected chi connectivity index (χ0v) is 15.0. The van der Waals surface area contributed by atoms with E-state index in [1.807, 2.05) is 11.6 Å². The highest BCUT2D eigenvalue weighted by Crippen LogP contribution is 2.29. The van der Waals surface area contributed by atoms with Crippen LogP contribution in [0.4, 0.5) is 0 Å². The Morgan fingerprint density at radius 3 is 2.35 bits per heavy atom. The van der Waals surface area contributed by atoms with E-state index in [1.165, 1.54) is 15.3 Å². The molecule has 0 spiro atoms. The first-order valence-corrected chi connectivity index (χ1v) is 9.40. The number of hydrogen-bond donors (Lipinski definition) is 2. The molecule has 3 aromatic heterocycles. The number of aryl methyl sites for hydroxylation is 1. The number of aromatic nitrogens is 2. The van der Waals surface area contributed by atoms with Gasteiger partial charge in [0.05, 0.1) is 24.9 Å². The molecule has 0 unspecified atom stereocenters. The van der Waals surface area contributed by atoms with E-state index in [1.54, 1.807) is 22.7 Å². The molecule has 0 aliphatic carbocycles. The third kappa shape index (κ3) is 3.55. The van der Waals surface area contributed by atoms with Gasteiger partial charge in [0.25, 0.3) is 0 Å². The van der Waals surface area contributed by atoms with Crippen molar-refractivity contribution >= 4 is 22.7 Å². The van der Waals surface area contributed by atoms with Crippen LogP contribution >= 0.6 is 22.7 Å². The van der Waals surface area contributed by atoms with E-state index in [-0.39, 0.29) is 12.6 Å². The van der Waals surface area contributed by atoms with Gasteiger partial charge in [0.15, 0.2) is 0 Å². The molecular weight excluding hydrogens is 326 g/mol. The monoisotopic (exact) mass is 347 g/mol. The SMILES string of the molecule is Cc1nn(CCO)c(C)c1CNC(c1cccs1)c1cccs1. The molecule has 0 fully saturated rings. The Labute approximate surface area is 144 Å². The number of nitrogens with zero attached hydrogens (tertiary/aromatic N) is 2. The molecule has 0 bridgehead atoms. The summed E-state index contributed by atoms with van der Waals surface area (Å²) in [5.74, 6) is 0. The molecule has 0 aliphatic rings. The maximum absolute atomic E-state index is 9.14. The molecule has 0 saturated heterocycles. The average molecular weight is 348 g/mol. The minimum Gasteiger partial charge on any atom is -0.394 e. The van der Waals surface area contributed by atoms with Gasteiger partial charge < -0.3 is 10.4 Å². The Kier molecular flexibility index (Phi) is 5.27. The Hall–Kier alpha value is -1.47. The smallest absolute Gasteiger partial charge is 0.0767 e. The lowest BCUT2D eigenvalue weighted by molar-refractivity contribution is 0.267. The molecule has 3 heterocycles. The molecule has 122 valence electrons. The van der Waals surface area contributed by atoms with Crippen molar-refractivity contribution < 1.29 is 5.11 Å². The number of aliphatic hydroxyl groups excluding tert-OH is 1. The third-order valence-electron chi connectivity index (χ3n) is 3.98. The maximum Gasteiger partial charge on any atom is 0.0767 e. The standard InChI is InChI=1S/C17H21N3OS2/c1-12-14(13(2)20(19-12)7-8-21)11-18-17(15-5-3-9-22-15)16-6-4-10-23-16/h3-6,9-10,17-18,21H,7-8,11H2,1-2H3. The van der Waals surface area contributed by atoms with Crippen molar-refractivity contribution in [3.05, 3.63) is 61.7 Å². The van der Waals surface area contributed by atoms with Crippen LogP contribution in [0.15, 0.2) is 35.0 Å². The minimum atomic E-state index is 0.113. The van der Waals surface area contributed by atoms with Gasteiger partial charge in [0.2, 0.25) is 0 Å². The van der Waals surface area contributed by atoms with Crippen molar-refractivity contribution in [2.24, 2.45) is 0 Å². The average Bonchev–Trinajstić information content (AvgIpc) is 3.27.